The highest BCUT2D eigenvalue weighted by Gasteiger charge is 2.27. The molecule has 23 heavy (non-hydrogen) atoms. The molecule has 1 N–H and O–H groups in total. The molecule has 0 spiro atoms. The fraction of sp³-hybridized carbons (Fsp3) is 0.375. The van der Waals surface area contributed by atoms with Gasteiger partial charge >= 0.3 is 0 Å². The van der Waals surface area contributed by atoms with E-state index >= 15 is 0 Å². The largest absolute Gasteiger partial charge is 0.352 e. The van der Waals surface area contributed by atoms with Crippen LogP contribution in [0.5, 0.6) is 0 Å². The molecule has 1 aliphatic heterocycles. The zero-order valence-corrected chi connectivity index (χ0v) is 13.7. The number of benzene rings is 1. The average Bonchev–Trinajstić information content (AvgIpc) is 3.10. The first-order valence-electron chi connectivity index (χ1n) is 7.53. The first kappa shape index (κ1) is 15.7. The SMILES string of the molecule is Cc1cnn(-c2ccc(C(=O)NCC3CCS(=O)(=O)C3)cc2)c1. The molecule has 122 valence electrons. The van der Waals surface area contributed by atoms with E-state index in [1.807, 2.05) is 25.3 Å². The highest BCUT2D eigenvalue weighted by molar-refractivity contribution is 7.91. The lowest BCUT2D eigenvalue weighted by Gasteiger charge is -2.10. The number of nitrogens with zero attached hydrogens (tertiary/aromatic N) is 2. The van der Waals surface area contributed by atoms with Crippen LogP contribution in [0.15, 0.2) is 36.7 Å². The Bertz CT molecular complexity index is 809. The molecule has 1 unspecified atom stereocenters. The van der Waals surface area contributed by atoms with Crippen molar-refractivity contribution in [2.24, 2.45) is 5.92 Å². The molecule has 0 saturated carbocycles. The second-order valence-corrected chi connectivity index (χ2v) is 8.22. The number of hydrogen-bond acceptors (Lipinski definition) is 4. The summed E-state index contributed by atoms with van der Waals surface area (Å²) in [6.45, 7) is 2.37. The molecule has 2 aromatic rings. The summed E-state index contributed by atoms with van der Waals surface area (Å²) in [4.78, 5) is 12.1. The second kappa shape index (κ2) is 6.16. The van der Waals surface area contributed by atoms with Crippen molar-refractivity contribution in [3.63, 3.8) is 0 Å². The number of nitrogens with one attached hydrogen (secondary N) is 1. The van der Waals surface area contributed by atoms with E-state index in [2.05, 4.69) is 10.4 Å². The third-order valence-electron chi connectivity index (χ3n) is 3.98. The van der Waals surface area contributed by atoms with Gasteiger partial charge in [-0.1, -0.05) is 0 Å². The summed E-state index contributed by atoms with van der Waals surface area (Å²) in [5, 5.41) is 7.04. The van der Waals surface area contributed by atoms with Gasteiger partial charge in [0.1, 0.15) is 0 Å². The Morgan fingerprint density at radius 3 is 2.65 bits per heavy atom. The van der Waals surface area contributed by atoms with E-state index in [0.717, 1.165) is 11.3 Å². The molecule has 0 aliphatic carbocycles. The minimum atomic E-state index is -2.90. The smallest absolute Gasteiger partial charge is 0.251 e. The standard InChI is InChI=1S/C16H19N3O3S/c1-12-8-18-19(10-12)15-4-2-14(3-5-15)16(20)17-9-13-6-7-23(21,22)11-13/h2-5,8,10,13H,6-7,9,11H2,1H3,(H,17,20). The van der Waals surface area contributed by atoms with E-state index in [4.69, 9.17) is 0 Å². The van der Waals surface area contributed by atoms with Gasteiger partial charge in [0.25, 0.3) is 5.91 Å². The molecule has 1 fully saturated rings. The molecule has 1 amide bonds. The van der Waals surface area contributed by atoms with Crippen LogP contribution in [-0.4, -0.2) is 42.2 Å². The monoisotopic (exact) mass is 333 g/mol. The van der Waals surface area contributed by atoms with Crippen molar-refractivity contribution in [2.75, 3.05) is 18.1 Å². The molecular weight excluding hydrogens is 314 g/mol. The van der Waals surface area contributed by atoms with E-state index in [1.165, 1.54) is 0 Å². The van der Waals surface area contributed by atoms with Crippen LogP contribution in [0.4, 0.5) is 0 Å². The first-order valence-corrected chi connectivity index (χ1v) is 9.35. The van der Waals surface area contributed by atoms with Gasteiger partial charge in [-0.3, -0.25) is 4.79 Å². The Balaban J connectivity index is 1.60. The Labute approximate surface area is 135 Å². The van der Waals surface area contributed by atoms with Crippen molar-refractivity contribution in [1.82, 2.24) is 15.1 Å². The van der Waals surface area contributed by atoms with Gasteiger partial charge in [-0.05, 0) is 49.1 Å². The first-order chi connectivity index (χ1) is 10.9. The summed E-state index contributed by atoms with van der Waals surface area (Å²) in [6.07, 6.45) is 4.31. The third-order valence-corrected chi connectivity index (χ3v) is 5.82. The minimum absolute atomic E-state index is 0.0234. The minimum Gasteiger partial charge on any atom is -0.352 e. The maximum absolute atomic E-state index is 12.1. The number of carbonyl (C=O) groups is 1. The van der Waals surface area contributed by atoms with Crippen molar-refractivity contribution in [2.45, 2.75) is 13.3 Å². The van der Waals surface area contributed by atoms with Crippen molar-refractivity contribution in [1.29, 1.82) is 0 Å². The number of aryl methyl sites for hydroxylation is 1. The summed E-state index contributed by atoms with van der Waals surface area (Å²) in [5.74, 6) is 0.240. The summed E-state index contributed by atoms with van der Waals surface area (Å²) in [7, 11) is -2.90. The van der Waals surface area contributed by atoms with Crippen LogP contribution in [0.3, 0.4) is 0 Å². The highest BCUT2D eigenvalue weighted by Crippen LogP contribution is 2.17. The fourth-order valence-corrected chi connectivity index (χ4v) is 4.55. The normalized spacial score (nSPS) is 19.6. The molecule has 1 aromatic carbocycles. The molecule has 6 nitrogen and oxygen atoms in total. The van der Waals surface area contributed by atoms with Crippen molar-refractivity contribution in [3.05, 3.63) is 47.8 Å². The number of sulfone groups is 1. The Kier molecular flexibility index (Phi) is 4.21. The van der Waals surface area contributed by atoms with E-state index in [9.17, 15) is 13.2 Å². The second-order valence-electron chi connectivity index (χ2n) is 5.99. The molecule has 3 rings (SSSR count). The van der Waals surface area contributed by atoms with Crippen molar-refractivity contribution < 1.29 is 13.2 Å². The molecule has 2 heterocycles. The van der Waals surface area contributed by atoms with Crippen molar-refractivity contribution >= 4 is 15.7 Å². The maximum Gasteiger partial charge on any atom is 0.251 e. The van der Waals surface area contributed by atoms with Crippen LogP contribution in [-0.2, 0) is 9.84 Å². The van der Waals surface area contributed by atoms with Crippen LogP contribution in [0.1, 0.15) is 22.3 Å². The van der Waals surface area contributed by atoms with Crippen LogP contribution >= 0.6 is 0 Å². The van der Waals surface area contributed by atoms with Gasteiger partial charge in [-0.25, -0.2) is 13.1 Å². The Morgan fingerprint density at radius 1 is 1.35 bits per heavy atom. The molecule has 7 heteroatoms. The Morgan fingerprint density at radius 2 is 2.09 bits per heavy atom. The fourth-order valence-electron chi connectivity index (χ4n) is 2.69. The van der Waals surface area contributed by atoms with E-state index in [1.54, 1.807) is 23.0 Å². The highest BCUT2D eigenvalue weighted by atomic mass is 32.2. The zero-order chi connectivity index (χ0) is 16.4. The Hall–Kier alpha value is -2.15. The van der Waals surface area contributed by atoms with E-state index < -0.39 is 9.84 Å². The van der Waals surface area contributed by atoms with Crippen LogP contribution < -0.4 is 5.32 Å². The lowest BCUT2D eigenvalue weighted by Crippen LogP contribution is -2.29. The number of aromatic nitrogens is 2. The van der Waals surface area contributed by atoms with Crippen molar-refractivity contribution in [3.8, 4) is 5.69 Å². The van der Waals surface area contributed by atoms with Gasteiger partial charge in [-0.2, -0.15) is 5.10 Å². The number of hydrogen-bond donors (Lipinski definition) is 1. The molecule has 1 atom stereocenters. The number of rotatable bonds is 4. The molecule has 1 aromatic heterocycles. The average molecular weight is 333 g/mol. The number of amides is 1. The lowest BCUT2D eigenvalue weighted by atomic mass is 10.1. The third kappa shape index (κ3) is 3.79. The molecule has 1 saturated heterocycles. The van der Waals surface area contributed by atoms with E-state index in [0.29, 0.717) is 18.5 Å². The van der Waals surface area contributed by atoms with Gasteiger partial charge in [0, 0.05) is 18.3 Å². The van der Waals surface area contributed by atoms with Crippen LogP contribution in [0.2, 0.25) is 0 Å². The molecule has 1 aliphatic rings. The predicted octanol–water partition coefficient (Wildman–Crippen LogP) is 1.35. The molecular formula is C16H19N3O3S. The van der Waals surface area contributed by atoms with E-state index in [-0.39, 0.29) is 23.3 Å². The molecule has 0 radical (unpaired) electrons. The quantitative estimate of drug-likeness (QED) is 0.916. The molecule has 0 bridgehead atoms. The number of carbonyl (C=O) groups excluding carboxylic acids is 1. The van der Waals surface area contributed by atoms with Gasteiger partial charge in [0.15, 0.2) is 9.84 Å². The van der Waals surface area contributed by atoms with Gasteiger partial charge in [-0.15, -0.1) is 0 Å². The summed E-state index contributed by atoms with van der Waals surface area (Å²) in [5.41, 5.74) is 2.51. The maximum atomic E-state index is 12.1. The zero-order valence-electron chi connectivity index (χ0n) is 12.9. The predicted molar refractivity (Wildman–Crippen MR) is 87.4 cm³/mol. The van der Waals surface area contributed by atoms with Crippen LogP contribution in [0.25, 0.3) is 5.69 Å². The topological polar surface area (TPSA) is 81.1 Å². The lowest BCUT2D eigenvalue weighted by molar-refractivity contribution is 0.0948. The summed E-state index contributed by atoms with van der Waals surface area (Å²) in [6, 6.07) is 7.16. The van der Waals surface area contributed by atoms with Gasteiger partial charge in [0.2, 0.25) is 0 Å². The summed E-state index contributed by atoms with van der Waals surface area (Å²) >= 11 is 0. The summed E-state index contributed by atoms with van der Waals surface area (Å²) < 4.78 is 24.6. The van der Waals surface area contributed by atoms with Crippen LogP contribution in [0, 0.1) is 12.8 Å². The van der Waals surface area contributed by atoms with Gasteiger partial charge < -0.3 is 5.32 Å². The van der Waals surface area contributed by atoms with Gasteiger partial charge in [0.05, 0.1) is 23.4 Å².